The summed E-state index contributed by atoms with van der Waals surface area (Å²) in [4.78, 5) is 4.01. The van der Waals surface area contributed by atoms with Crippen LogP contribution in [0.3, 0.4) is 0 Å². The van der Waals surface area contributed by atoms with Gasteiger partial charge in [0.15, 0.2) is 0 Å². The molecule has 0 aliphatic carbocycles. The first-order chi connectivity index (χ1) is 9.15. The molecule has 8 heteroatoms. The molecule has 19 heavy (non-hydrogen) atoms. The molecule has 5 nitrogen and oxygen atoms in total. The molecule has 1 aromatic carbocycles. The molecule has 0 unspecified atom stereocenters. The van der Waals surface area contributed by atoms with Crippen molar-refractivity contribution in [2.24, 2.45) is 8.73 Å². The van der Waals surface area contributed by atoms with Gasteiger partial charge in [0.2, 0.25) is 0 Å². The van der Waals surface area contributed by atoms with Crippen LogP contribution in [-0.2, 0) is 11.4 Å². The first kappa shape index (κ1) is 12.4. The quantitative estimate of drug-likeness (QED) is 0.734. The molecule has 1 aromatic heterocycles. The van der Waals surface area contributed by atoms with Crippen molar-refractivity contribution in [1.82, 2.24) is 4.98 Å². The van der Waals surface area contributed by atoms with Crippen molar-refractivity contribution < 1.29 is 0 Å². The lowest BCUT2D eigenvalue weighted by molar-refractivity contribution is 1.32. The molecule has 1 aliphatic rings. The average Bonchev–Trinajstić information content (AvgIpc) is 2.84. The van der Waals surface area contributed by atoms with E-state index in [1.807, 2.05) is 0 Å². The number of rotatable bonds is 2. The Balaban J connectivity index is 2.07. The van der Waals surface area contributed by atoms with Gasteiger partial charge in [-0.25, -0.2) is 0 Å². The van der Waals surface area contributed by atoms with Gasteiger partial charge in [0, 0.05) is 6.20 Å². The van der Waals surface area contributed by atoms with E-state index in [1.165, 1.54) is 0 Å². The van der Waals surface area contributed by atoms with Crippen molar-refractivity contribution in [3.63, 3.8) is 0 Å². The summed E-state index contributed by atoms with van der Waals surface area (Å²) in [5.74, 6) is 0. The van der Waals surface area contributed by atoms with Gasteiger partial charge in [-0.2, -0.15) is 8.73 Å². The van der Waals surface area contributed by atoms with Gasteiger partial charge in [0.05, 0.1) is 44.7 Å². The molecule has 96 valence electrons. The van der Waals surface area contributed by atoms with E-state index in [0.717, 1.165) is 17.0 Å². The summed E-state index contributed by atoms with van der Waals surface area (Å²) >= 11 is 13.3. The largest absolute Gasteiger partial charge is 0.397 e. The van der Waals surface area contributed by atoms with E-state index < -0.39 is 0 Å². The van der Waals surface area contributed by atoms with Gasteiger partial charge in [-0.15, -0.1) is 0 Å². The van der Waals surface area contributed by atoms with Gasteiger partial charge in [-0.1, -0.05) is 23.2 Å². The van der Waals surface area contributed by atoms with Crippen molar-refractivity contribution in [3.8, 4) is 0 Å². The van der Waals surface area contributed by atoms with Gasteiger partial charge in [0.25, 0.3) is 0 Å². The van der Waals surface area contributed by atoms with Crippen molar-refractivity contribution in [3.05, 3.63) is 34.6 Å². The Hall–Kier alpha value is -1.63. The number of nitrogens with one attached hydrogen (secondary N) is 1. The number of hydrogen-bond acceptors (Lipinski definition) is 5. The van der Waals surface area contributed by atoms with Gasteiger partial charge in [0.1, 0.15) is 11.4 Å². The number of anilines is 3. The smallest absolute Gasteiger partial charge is 0.131 e. The third-order valence-corrected chi connectivity index (χ3v) is 3.59. The summed E-state index contributed by atoms with van der Waals surface area (Å²) in [5.41, 5.74) is 8.85. The minimum atomic E-state index is 0.465. The molecule has 2 aromatic rings. The number of benzene rings is 1. The Morgan fingerprint density at radius 1 is 1.05 bits per heavy atom. The molecular formula is C11H7Cl2N5S. The Kier molecular flexibility index (Phi) is 3.14. The summed E-state index contributed by atoms with van der Waals surface area (Å²) in [7, 11) is 0. The summed E-state index contributed by atoms with van der Waals surface area (Å²) in [6.07, 6.45) is 3.21. The summed E-state index contributed by atoms with van der Waals surface area (Å²) in [5, 5.41) is 4.08. The zero-order valence-electron chi connectivity index (χ0n) is 9.39. The van der Waals surface area contributed by atoms with E-state index in [0.29, 0.717) is 32.8 Å². The third kappa shape index (κ3) is 2.30. The Morgan fingerprint density at radius 2 is 1.84 bits per heavy atom. The molecule has 0 spiro atoms. The number of fused-ring (bicyclic) bond motifs is 1. The van der Waals surface area contributed by atoms with Crippen molar-refractivity contribution >= 4 is 63.0 Å². The van der Waals surface area contributed by atoms with E-state index in [9.17, 15) is 0 Å². The van der Waals surface area contributed by atoms with Crippen molar-refractivity contribution in [2.45, 2.75) is 0 Å². The highest BCUT2D eigenvalue weighted by atomic mass is 35.5. The van der Waals surface area contributed by atoms with Gasteiger partial charge >= 0.3 is 0 Å². The molecule has 0 atom stereocenters. The van der Waals surface area contributed by atoms with Crippen molar-refractivity contribution in [1.29, 1.82) is 0 Å². The molecule has 0 fully saturated rings. The molecular weight excluding hydrogens is 305 g/mol. The van der Waals surface area contributed by atoms with E-state index in [4.69, 9.17) is 28.9 Å². The maximum absolute atomic E-state index is 6.19. The van der Waals surface area contributed by atoms with Crippen LogP contribution in [0.25, 0.3) is 0 Å². The normalized spacial score (nSPS) is 12.1. The topological polar surface area (TPSA) is 75.7 Å². The Bertz CT molecular complexity index is 740. The molecule has 0 radical (unpaired) electrons. The van der Waals surface area contributed by atoms with E-state index in [2.05, 4.69) is 19.0 Å². The van der Waals surface area contributed by atoms with Crippen LogP contribution in [0, 0.1) is 0 Å². The van der Waals surface area contributed by atoms with Crippen LogP contribution in [0.5, 0.6) is 0 Å². The van der Waals surface area contributed by atoms with Gasteiger partial charge in [-0.05, 0) is 12.1 Å². The first-order valence-electron chi connectivity index (χ1n) is 5.23. The molecule has 2 heterocycles. The minimum Gasteiger partial charge on any atom is -0.397 e. The summed E-state index contributed by atoms with van der Waals surface area (Å²) < 4.78 is 8.35. The summed E-state index contributed by atoms with van der Waals surface area (Å²) in [6, 6.07) is 3.39. The van der Waals surface area contributed by atoms with Crippen LogP contribution in [0.4, 0.5) is 28.4 Å². The molecule has 0 saturated heterocycles. The number of nitrogens with zero attached hydrogens (tertiary/aromatic N) is 3. The standard InChI is InChI=1S/C11H7Cl2N5S/c12-7-2-8(13)10-11(18-19-17-10)9(7)16-6-1-5(14)3-15-4-6/h1-4,16H,14H2. The number of aromatic nitrogens is 1. The fraction of sp³-hybridized carbons (Fsp3) is 0. The third-order valence-electron chi connectivity index (χ3n) is 2.47. The molecule has 3 N–H and O–H groups in total. The number of nitrogen functional groups attached to an aromatic ring is 1. The SMILES string of the molecule is Nc1cncc(Nc2c(Cl)cc(Cl)c3c2N=S=N3)c1. The fourth-order valence-corrected chi connectivity index (χ4v) is 2.82. The first-order valence-corrected chi connectivity index (χ1v) is 6.71. The highest BCUT2D eigenvalue weighted by Gasteiger charge is 2.18. The minimum absolute atomic E-state index is 0.465. The lowest BCUT2D eigenvalue weighted by Crippen LogP contribution is -1.95. The van der Waals surface area contributed by atoms with Crippen LogP contribution >= 0.6 is 23.2 Å². The fourth-order valence-electron chi connectivity index (χ4n) is 1.66. The number of pyridine rings is 1. The average molecular weight is 312 g/mol. The lowest BCUT2D eigenvalue weighted by Gasteiger charge is -2.12. The van der Waals surface area contributed by atoms with Crippen LogP contribution in [0.1, 0.15) is 0 Å². The van der Waals surface area contributed by atoms with Crippen molar-refractivity contribution in [2.75, 3.05) is 11.1 Å². The van der Waals surface area contributed by atoms with E-state index in [-0.39, 0.29) is 0 Å². The molecule has 0 bridgehead atoms. The molecule has 0 amide bonds. The Morgan fingerprint density at radius 3 is 2.63 bits per heavy atom. The second kappa shape index (κ2) is 4.80. The summed E-state index contributed by atoms with van der Waals surface area (Å²) in [6.45, 7) is 0. The van der Waals surface area contributed by atoms with E-state index in [1.54, 1.807) is 24.5 Å². The van der Waals surface area contributed by atoms with Crippen LogP contribution < -0.4 is 11.1 Å². The molecule has 0 saturated carbocycles. The predicted octanol–water partition coefficient (Wildman–Crippen LogP) is 4.44. The number of halogens is 2. The van der Waals surface area contributed by atoms with Gasteiger partial charge < -0.3 is 11.1 Å². The van der Waals surface area contributed by atoms with Crippen LogP contribution in [0.15, 0.2) is 33.3 Å². The second-order valence-electron chi connectivity index (χ2n) is 3.81. The molecule has 1 aliphatic heterocycles. The van der Waals surface area contributed by atoms with Crippen LogP contribution in [0.2, 0.25) is 10.0 Å². The zero-order chi connectivity index (χ0) is 13.4. The Labute approximate surface area is 122 Å². The maximum atomic E-state index is 6.19. The lowest BCUT2D eigenvalue weighted by atomic mass is 10.2. The highest BCUT2D eigenvalue weighted by molar-refractivity contribution is 7.58. The zero-order valence-corrected chi connectivity index (χ0v) is 11.7. The van der Waals surface area contributed by atoms with E-state index >= 15 is 0 Å². The van der Waals surface area contributed by atoms with Gasteiger partial charge in [-0.3, -0.25) is 4.98 Å². The monoisotopic (exact) mass is 311 g/mol. The predicted molar refractivity (Wildman–Crippen MR) is 79.9 cm³/mol. The van der Waals surface area contributed by atoms with Crippen LogP contribution in [-0.4, -0.2) is 4.98 Å². The number of hydrogen-bond donors (Lipinski definition) is 2. The number of nitrogens with two attached hydrogens (primary N) is 1. The maximum Gasteiger partial charge on any atom is 0.131 e. The highest BCUT2D eigenvalue weighted by Crippen LogP contribution is 2.48. The second-order valence-corrected chi connectivity index (χ2v) is 5.15. The molecule has 3 rings (SSSR count).